The number of rotatable bonds is 5. The van der Waals surface area contributed by atoms with Gasteiger partial charge in [-0.15, -0.1) is 0 Å². The van der Waals surface area contributed by atoms with Crippen LogP contribution in [0.5, 0.6) is 0 Å². The van der Waals surface area contributed by atoms with Crippen molar-refractivity contribution in [2.45, 2.75) is 18.9 Å². The molecule has 0 unspecified atom stereocenters. The van der Waals surface area contributed by atoms with E-state index >= 15 is 0 Å². The molecular weight excluding hydrogens is 233 g/mol. The number of aliphatic hydroxyl groups excluding tert-OH is 1. The standard InChI is InChI=1S/C14H16FNO2/c15-12-3-1-2-11(10-12)4-7-14(18)16(8-9-17)13-5-6-13/h1-4,7,10,13,17H,5-6,8-9H2/b7-4+. The zero-order valence-electron chi connectivity index (χ0n) is 10.1. The summed E-state index contributed by atoms with van der Waals surface area (Å²) in [7, 11) is 0. The summed E-state index contributed by atoms with van der Waals surface area (Å²) in [5.74, 6) is -0.449. The van der Waals surface area contributed by atoms with Gasteiger partial charge in [-0.25, -0.2) is 4.39 Å². The molecule has 3 nitrogen and oxygen atoms in total. The van der Waals surface area contributed by atoms with Gasteiger partial charge in [0.25, 0.3) is 0 Å². The molecule has 1 aliphatic carbocycles. The Morgan fingerprint density at radius 1 is 1.50 bits per heavy atom. The Balaban J connectivity index is 2.01. The Morgan fingerprint density at radius 2 is 2.28 bits per heavy atom. The molecule has 1 N–H and O–H groups in total. The highest BCUT2D eigenvalue weighted by molar-refractivity contribution is 5.92. The predicted octanol–water partition coefficient (Wildman–Crippen LogP) is 1.82. The number of aliphatic hydroxyl groups is 1. The third-order valence-electron chi connectivity index (χ3n) is 2.88. The first-order chi connectivity index (χ1) is 8.70. The van der Waals surface area contributed by atoms with Gasteiger partial charge in [-0.1, -0.05) is 12.1 Å². The molecule has 96 valence electrons. The number of hydrogen-bond acceptors (Lipinski definition) is 2. The van der Waals surface area contributed by atoms with E-state index in [0.717, 1.165) is 12.8 Å². The van der Waals surface area contributed by atoms with E-state index in [1.165, 1.54) is 18.2 Å². The summed E-state index contributed by atoms with van der Waals surface area (Å²) in [5.41, 5.74) is 0.656. The fourth-order valence-electron chi connectivity index (χ4n) is 1.84. The molecule has 0 radical (unpaired) electrons. The lowest BCUT2D eigenvalue weighted by molar-refractivity contribution is -0.127. The van der Waals surface area contributed by atoms with Crippen molar-refractivity contribution in [3.63, 3.8) is 0 Å². The fraction of sp³-hybridized carbons (Fsp3) is 0.357. The Bertz CT molecular complexity index is 455. The SMILES string of the molecule is O=C(/C=C/c1cccc(F)c1)N(CCO)C1CC1. The zero-order valence-corrected chi connectivity index (χ0v) is 10.1. The lowest BCUT2D eigenvalue weighted by Crippen LogP contribution is -2.34. The minimum atomic E-state index is -0.320. The summed E-state index contributed by atoms with van der Waals surface area (Å²) in [5, 5.41) is 8.92. The van der Waals surface area contributed by atoms with Gasteiger partial charge in [0, 0.05) is 18.7 Å². The summed E-state index contributed by atoms with van der Waals surface area (Å²) >= 11 is 0. The molecule has 2 rings (SSSR count). The third kappa shape index (κ3) is 3.40. The second-order valence-electron chi connectivity index (χ2n) is 4.37. The molecule has 0 atom stereocenters. The normalized spacial score (nSPS) is 15.0. The van der Waals surface area contributed by atoms with E-state index in [9.17, 15) is 9.18 Å². The minimum absolute atomic E-state index is 0.0317. The Kier molecular flexibility index (Phi) is 4.10. The van der Waals surface area contributed by atoms with E-state index in [1.54, 1.807) is 23.1 Å². The third-order valence-corrected chi connectivity index (χ3v) is 2.88. The van der Waals surface area contributed by atoms with Crippen LogP contribution in [0.1, 0.15) is 18.4 Å². The van der Waals surface area contributed by atoms with Gasteiger partial charge in [-0.2, -0.15) is 0 Å². The lowest BCUT2D eigenvalue weighted by Gasteiger charge is -2.19. The monoisotopic (exact) mass is 249 g/mol. The number of hydrogen-bond donors (Lipinski definition) is 1. The number of carbonyl (C=O) groups is 1. The largest absolute Gasteiger partial charge is 0.395 e. The number of amides is 1. The zero-order chi connectivity index (χ0) is 13.0. The highest BCUT2D eigenvalue weighted by Crippen LogP contribution is 2.26. The number of benzene rings is 1. The van der Waals surface area contributed by atoms with Crippen molar-refractivity contribution >= 4 is 12.0 Å². The highest BCUT2D eigenvalue weighted by atomic mass is 19.1. The first kappa shape index (κ1) is 12.8. The lowest BCUT2D eigenvalue weighted by atomic mass is 10.2. The summed E-state index contributed by atoms with van der Waals surface area (Å²) in [6.45, 7) is 0.326. The number of halogens is 1. The van der Waals surface area contributed by atoms with Crippen LogP contribution >= 0.6 is 0 Å². The van der Waals surface area contributed by atoms with Crippen LogP contribution in [-0.4, -0.2) is 35.1 Å². The van der Waals surface area contributed by atoms with E-state index in [0.29, 0.717) is 12.1 Å². The highest BCUT2D eigenvalue weighted by Gasteiger charge is 2.30. The van der Waals surface area contributed by atoms with Gasteiger partial charge >= 0.3 is 0 Å². The van der Waals surface area contributed by atoms with Crippen molar-refractivity contribution in [3.05, 3.63) is 41.7 Å². The van der Waals surface area contributed by atoms with Crippen molar-refractivity contribution in [2.24, 2.45) is 0 Å². The number of carbonyl (C=O) groups excluding carboxylic acids is 1. The average Bonchev–Trinajstić information content (AvgIpc) is 3.17. The van der Waals surface area contributed by atoms with Crippen LogP contribution in [0.2, 0.25) is 0 Å². The summed E-state index contributed by atoms with van der Waals surface area (Å²) in [4.78, 5) is 13.6. The first-order valence-electron chi connectivity index (χ1n) is 6.06. The van der Waals surface area contributed by atoms with Gasteiger partial charge < -0.3 is 10.0 Å². The van der Waals surface area contributed by atoms with Crippen molar-refractivity contribution in [3.8, 4) is 0 Å². The summed E-state index contributed by atoms with van der Waals surface area (Å²) < 4.78 is 12.9. The Hall–Kier alpha value is -1.68. The fourth-order valence-corrected chi connectivity index (χ4v) is 1.84. The average molecular weight is 249 g/mol. The Labute approximate surface area is 106 Å². The van der Waals surface area contributed by atoms with Crippen LogP contribution in [-0.2, 0) is 4.79 Å². The second kappa shape index (κ2) is 5.78. The smallest absolute Gasteiger partial charge is 0.246 e. The molecule has 0 aliphatic heterocycles. The summed E-state index contributed by atoms with van der Waals surface area (Å²) in [6.07, 6.45) is 5.03. The van der Waals surface area contributed by atoms with Gasteiger partial charge in [0.05, 0.1) is 6.61 Å². The molecule has 0 saturated heterocycles. The van der Waals surface area contributed by atoms with Crippen LogP contribution in [0.25, 0.3) is 6.08 Å². The molecule has 0 spiro atoms. The molecular formula is C14H16FNO2. The van der Waals surface area contributed by atoms with Crippen molar-refractivity contribution in [1.29, 1.82) is 0 Å². The van der Waals surface area contributed by atoms with Crippen LogP contribution < -0.4 is 0 Å². The van der Waals surface area contributed by atoms with Gasteiger partial charge in [0.15, 0.2) is 0 Å². The Morgan fingerprint density at radius 3 is 2.89 bits per heavy atom. The van der Waals surface area contributed by atoms with E-state index in [2.05, 4.69) is 0 Å². The van der Waals surface area contributed by atoms with Gasteiger partial charge in [-0.05, 0) is 36.6 Å². The molecule has 0 heterocycles. The van der Waals surface area contributed by atoms with Crippen molar-refractivity contribution in [2.75, 3.05) is 13.2 Å². The first-order valence-corrected chi connectivity index (χ1v) is 6.06. The predicted molar refractivity (Wildman–Crippen MR) is 67.3 cm³/mol. The van der Waals surface area contributed by atoms with Crippen LogP contribution in [0.4, 0.5) is 4.39 Å². The van der Waals surface area contributed by atoms with Crippen LogP contribution in [0, 0.1) is 5.82 Å². The molecule has 0 bridgehead atoms. The molecule has 1 saturated carbocycles. The van der Waals surface area contributed by atoms with Gasteiger partial charge in [-0.3, -0.25) is 4.79 Å². The van der Waals surface area contributed by atoms with E-state index in [-0.39, 0.29) is 24.4 Å². The maximum Gasteiger partial charge on any atom is 0.246 e. The molecule has 1 amide bonds. The quantitative estimate of drug-likeness (QED) is 0.809. The molecule has 18 heavy (non-hydrogen) atoms. The van der Waals surface area contributed by atoms with Gasteiger partial charge in [0.1, 0.15) is 5.82 Å². The molecule has 4 heteroatoms. The minimum Gasteiger partial charge on any atom is -0.395 e. The molecule has 0 aromatic heterocycles. The van der Waals surface area contributed by atoms with E-state index in [1.807, 2.05) is 0 Å². The maximum atomic E-state index is 12.9. The van der Waals surface area contributed by atoms with Gasteiger partial charge in [0.2, 0.25) is 5.91 Å². The topological polar surface area (TPSA) is 40.5 Å². The summed E-state index contributed by atoms with van der Waals surface area (Å²) in [6, 6.07) is 6.34. The molecule has 1 fully saturated rings. The molecule has 1 aliphatic rings. The molecule has 1 aromatic rings. The number of nitrogens with zero attached hydrogens (tertiary/aromatic N) is 1. The second-order valence-corrected chi connectivity index (χ2v) is 4.37. The maximum absolute atomic E-state index is 12.9. The van der Waals surface area contributed by atoms with Crippen molar-refractivity contribution in [1.82, 2.24) is 4.90 Å². The van der Waals surface area contributed by atoms with Crippen LogP contribution in [0.15, 0.2) is 30.3 Å². The van der Waals surface area contributed by atoms with Crippen molar-refractivity contribution < 1.29 is 14.3 Å². The van der Waals surface area contributed by atoms with E-state index < -0.39 is 0 Å². The van der Waals surface area contributed by atoms with Crippen LogP contribution in [0.3, 0.4) is 0 Å². The van der Waals surface area contributed by atoms with E-state index in [4.69, 9.17) is 5.11 Å². The molecule has 1 aromatic carbocycles.